The van der Waals surface area contributed by atoms with Gasteiger partial charge in [-0.3, -0.25) is 0 Å². The van der Waals surface area contributed by atoms with Gasteiger partial charge in [0.2, 0.25) is 0 Å². The molecule has 0 aromatic heterocycles. The summed E-state index contributed by atoms with van der Waals surface area (Å²) in [4.78, 5) is 0. The van der Waals surface area contributed by atoms with Crippen molar-refractivity contribution >= 4 is 0 Å². The molecular weight excluding hydrogens is 138 g/mol. The molecule has 2 aliphatic rings. The van der Waals surface area contributed by atoms with Gasteiger partial charge in [0.15, 0.2) is 0 Å². The van der Waals surface area contributed by atoms with Crippen LogP contribution in [0.5, 0.6) is 0 Å². The molecule has 2 fully saturated rings. The number of nitrogens with one attached hydrogen (secondary N) is 1. The third-order valence-corrected chi connectivity index (χ3v) is 2.90. The molecular formula is C9H17NO. The summed E-state index contributed by atoms with van der Waals surface area (Å²) in [6.07, 6.45) is 6.54. The van der Waals surface area contributed by atoms with Crippen LogP contribution in [0.1, 0.15) is 32.1 Å². The second-order valence-electron chi connectivity index (χ2n) is 3.82. The Kier molecular flexibility index (Phi) is 2.14. The van der Waals surface area contributed by atoms with Gasteiger partial charge in [0.25, 0.3) is 0 Å². The predicted octanol–water partition coefficient (Wildman–Crippen LogP) is 1.31. The highest BCUT2D eigenvalue weighted by molar-refractivity contribution is 4.96. The monoisotopic (exact) mass is 155 g/mol. The quantitative estimate of drug-likeness (QED) is 0.569. The zero-order chi connectivity index (χ0) is 7.57. The molecule has 0 radical (unpaired) electrons. The van der Waals surface area contributed by atoms with Crippen molar-refractivity contribution in [3.05, 3.63) is 0 Å². The van der Waals surface area contributed by atoms with E-state index in [0.717, 1.165) is 13.2 Å². The maximum Gasteiger partial charge on any atom is 0.0648 e. The molecule has 1 saturated heterocycles. The Bertz CT molecular complexity index is 122. The highest BCUT2D eigenvalue weighted by Crippen LogP contribution is 2.32. The molecule has 0 amide bonds. The number of ether oxygens (including phenoxy) is 1. The first-order valence-corrected chi connectivity index (χ1v) is 4.74. The van der Waals surface area contributed by atoms with Crippen LogP contribution < -0.4 is 5.32 Å². The molecule has 11 heavy (non-hydrogen) atoms. The zero-order valence-electron chi connectivity index (χ0n) is 7.07. The predicted molar refractivity (Wildman–Crippen MR) is 44.6 cm³/mol. The molecule has 0 aromatic rings. The number of hydrogen-bond donors (Lipinski definition) is 1. The Morgan fingerprint density at radius 2 is 2.00 bits per heavy atom. The molecule has 2 heteroatoms. The summed E-state index contributed by atoms with van der Waals surface area (Å²) in [5, 5.41) is 3.61. The molecule has 64 valence electrons. The first-order valence-electron chi connectivity index (χ1n) is 4.74. The van der Waals surface area contributed by atoms with Crippen molar-refractivity contribution in [2.75, 3.05) is 19.8 Å². The van der Waals surface area contributed by atoms with Gasteiger partial charge in [-0.2, -0.15) is 0 Å². The van der Waals surface area contributed by atoms with Crippen molar-refractivity contribution in [3.8, 4) is 0 Å². The Morgan fingerprint density at radius 3 is 2.73 bits per heavy atom. The van der Waals surface area contributed by atoms with Crippen LogP contribution in [0.3, 0.4) is 0 Å². The van der Waals surface area contributed by atoms with Crippen molar-refractivity contribution < 1.29 is 4.74 Å². The Labute approximate surface area is 68.3 Å². The molecule has 1 heterocycles. The maximum absolute atomic E-state index is 5.57. The van der Waals surface area contributed by atoms with Gasteiger partial charge >= 0.3 is 0 Å². The van der Waals surface area contributed by atoms with Gasteiger partial charge in [0.1, 0.15) is 0 Å². The lowest BCUT2D eigenvalue weighted by molar-refractivity contribution is 0.0156. The Balaban J connectivity index is 1.86. The summed E-state index contributed by atoms with van der Waals surface area (Å²) in [5.74, 6) is 0. The van der Waals surface area contributed by atoms with Gasteiger partial charge in [0, 0.05) is 12.1 Å². The lowest BCUT2D eigenvalue weighted by atomic mass is 9.77. The van der Waals surface area contributed by atoms with Crippen LogP contribution in [-0.4, -0.2) is 25.3 Å². The fourth-order valence-corrected chi connectivity index (χ4v) is 1.93. The van der Waals surface area contributed by atoms with Crippen LogP contribution in [0.15, 0.2) is 0 Å². The van der Waals surface area contributed by atoms with Gasteiger partial charge in [-0.1, -0.05) is 0 Å². The van der Waals surface area contributed by atoms with Crippen molar-refractivity contribution in [2.24, 2.45) is 0 Å². The molecule has 0 aromatic carbocycles. The van der Waals surface area contributed by atoms with E-state index >= 15 is 0 Å². The molecule has 0 atom stereocenters. The SMILES string of the molecule is C1CCOCC2(CCC2)NC1. The first kappa shape index (κ1) is 7.56. The average Bonchev–Trinajstić information content (AvgIpc) is 1.82. The third-order valence-electron chi connectivity index (χ3n) is 2.90. The molecule has 0 unspecified atom stereocenters. The van der Waals surface area contributed by atoms with E-state index in [2.05, 4.69) is 5.32 Å². The third kappa shape index (κ3) is 1.57. The topological polar surface area (TPSA) is 21.3 Å². The summed E-state index contributed by atoms with van der Waals surface area (Å²) in [6.45, 7) is 3.12. The minimum absolute atomic E-state index is 0.403. The molecule has 1 saturated carbocycles. The highest BCUT2D eigenvalue weighted by Gasteiger charge is 2.36. The van der Waals surface area contributed by atoms with Gasteiger partial charge in [0.05, 0.1) is 6.61 Å². The second kappa shape index (κ2) is 3.11. The van der Waals surface area contributed by atoms with Gasteiger partial charge in [-0.25, -0.2) is 0 Å². The highest BCUT2D eigenvalue weighted by atomic mass is 16.5. The maximum atomic E-state index is 5.57. The first-order chi connectivity index (χ1) is 5.41. The fourth-order valence-electron chi connectivity index (χ4n) is 1.93. The van der Waals surface area contributed by atoms with E-state index in [4.69, 9.17) is 4.74 Å². The van der Waals surface area contributed by atoms with Crippen LogP contribution in [0, 0.1) is 0 Å². The van der Waals surface area contributed by atoms with Crippen molar-refractivity contribution in [2.45, 2.75) is 37.6 Å². The minimum atomic E-state index is 0.403. The average molecular weight is 155 g/mol. The van der Waals surface area contributed by atoms with E-state index in [9.17, 15) is 0 Å². The number of hydrogen-bond acceptors (Lipinski definition) is 2. The van der Waals surface area contributed by atoms with Gasteiger partial charge < -0.3 is 10.1 Å². The molecule has 1 aliphatic heterocycles. The van der Waals surface area contributed by atoms with E-state index in [-0.39, 0.29) is 0 Å². The normalized spacial score (nSPS) is 30.5. The largest absolute Gasteiger partial charge is 0.380 e. The lowest BCUT2D eigenvalue weighted by Crippen LogP contribution is -2.55. The van der Waals surface area contributed by atoms with Gasteiger partial charge in [-0.05, 0) is 38.6 Å². The van der Waals surface area contributed by atoms with E-state index < -0.39 is 0 Å². The van der Waals surface area contributed by atoms with Crippen molar-refractivity contribution in [3.63, 3.8) is 0 Å². The van der Waals surface area contributed by atoms with E-state index in [1.807, 2.05) is 0 Å². The van der Waals surface area contributed by atoms with Crippen LogP contribution in [0.25, 0.3) is 0 Å². The summed E-state index contributed by atoms with van der Waals surface area (Å²) in [6, 6.07) is 0. The van der Waals surface area contributed by atoms with Crippen molar-refractivity contribution in [1.29, 1.82) is 0 Å². The smallest absolute Gasteiger partial charge is 0.0648 e. The molecule has 1 aliphatic carbocycles. The summed E-state index contributed by atoms with van der Waals surface area (Å²) < 4.78 is 5.57. The number of rotatable bonds is 0. The standard InChI is InChI=1S/C9H17NO/c1-2-7-11-8-9(10-6-1)4-3-5-9/h10H,1-8H2. The fraction of sp³-hybridized carbons (Fsp3) is 1.00. The Morgan fingerprint density at radius 1 is 1.09 bits per heavy atom. The van der Waals surface area contributed by atoms with Crippen LogP contribution in [0.4, 0.5) is 0 Å². The Hall–Kier alpha value is -0.0800. The second-order valence-corrected chi connectivity index (χ2v) is 3.82. The molecule has 2 nitrogen and oxygen atoms in total. The lowest BCUT2D eigenvalue weighted by Gasteiger charge is -2.43. The van der Waals surface area contributed by atoms with Crippen LogP contribution in [-0.2, 0) is 4.74 Å². The van der Waals surface area contributed by atoms with Crippen LogP contribution >= 0.6 is 0 Å². The molecule has 1 N–H and O–H groups in total. The molecule has 0 bridgehead atoms. The van der Waals surface area contributed by atoms with Gasteiger partial charge in [-0.15, -0.1) is 0 Å². The molecule has 1 spiro atoms. The van der Waals surface area contributed by atoms with E-state index in [0.29, 0.717) is 5.54 Å². The summed E-state index contributed by atoms with van der Waals surface area (Å²) in [7, 11) is 0. The molecule has 2 rings (SSSR count). The minimum Gasteiger partial charge on any atom is -0.380 e. The summed E-state index contributed by atoms with van der Waals surface area (Å²) >= 11 is 0. The zero-order valence-corrected chi connectivity index (χ0v) is 7.07. The summed E-state index contributed by atoms with van der Waals surface area (Å²) in [5.41, 5.74) is 0.403. The van der Waals surface area contributed by atoms with E-state index in [1.54, 1.807) is 0 Å². The van der Waals surface area contributed by atoms with Crippen LogP contribution in [0.2, 0.25) is 0 Å². The van der Waals surface area contributed by atoms with E-state index in [1.165, 1.54) is 38.6 Å². The van der Waals surface area contributed by atoms with Crippen molar-refractivity contribution in [1.82, 2.24) is 5.32 Å².